The number of benzene rings is 2. The van der Waals surface area contributed by atoms with Gasteiger partial charge in [0.25, 0.3) is 5.91 Å². The molecular formula is C22H28N2O5. The van der Waals surface area contributed by atoms with Crippen molar-refractivity contribution in [3.8, 4) is 17.2 Å². The number of carbonyl (C=O) groups excluding carboxylic acids is 2. The molecule has 0 heterocycles. The molecule has 2 aromatic rings. The van der Waals surface area contributed by atoms with Crippen LogP contribution in [0.3, 0.4) is 0 Å². The number of ether oxygens (including phenoxy) is 3. The molecule has 0 aliphatic rings. The molecule has 156 valence electrons. The van der Waals surface area contributed by atoms with Crippen molar-refractivity contribution in [2.24, 2.45) is 0 Å². The Balaban J connectivity index is 1.75. The van der Waals surface area contributed by atoms with Crippen molar-refractivity contribution in [3.05, 3.63) is 53.6 Å². The number of aryl methyl sites for hydroxylation is 1. The highest BCUT2D eigenvalue weighted by Gasteiger charge is 2.13. The van der Waals surface area contributed by atoms with E-state index in [-0.39, 0.29) is 18.4 Å². The Morgan fingerprint density at radius 3 is 2.38 bits per heavy atom. The molecule has 0 saturated heterocycles. The molecule has 2 aromatic carbocycles. The Bertz CT molecular complexity index is 818. The van der Waals surface area contributed by atoms with Gasteiger partial charge in [0.05, 0.1) is 19.8 Å². The van der Waals surface area contributed by atoms with Crippen molar-refractivity contribution in [2.75, 3.05) is 13.7 Å². The topological polar surface area (TPSA) is 85.9 Å². The molecule has 2 amide bonds. The fraction of sp³-hybridized carbons (Fsp3) is 0.364. The van der Waals surface area contributed by atoms with Crippen molar-refractivity contribution < 1.29 is 23.8 Å². The van der Waals surface area contributed by atoms with Crippen LogP contribution in [-0.2, 0) is 4.79 Å². The minimum absolute atomic E-state index is 0.0159. The van der Waals surface area contributed by atoms with Gasteiger partial charge in [0.15, 0.2) is 11.5 Å². The van der Waals surface area contributed by atoms with Crippen molar-refractivity contribution >= 4 is 11.8 Å². The molecule has 0 spiro atoms. The molecule has 0 fully saturated rings. The lowest BCUT2D eigenvalue weighted by Gasteiger charge is -2.14. The average molecular weight is 400 g/mol. The van der Waals surface area contributed by atoms with E-state index in [2.05, 4.69) is 10.9 Å². The van der Waals surface area contributed by atoms with E-state index >= 15 is 0 Å². The van der Waals surface area contributed by atoms with E-state index in [1.165, 1.54) is 7.11 Å². The van der Waals surface area contributed by atoms with E-state index in [9.17, 15) is 9.59 Å². The minimum atomic E-state index is -0.441. The maximum atomic E-state index is 12.2. The summed E-state index contributed by atoms with van der Waals surface area (Å²) in [5.74, 6) is 1.03. The third-order valence-electron chi connectivity index (χ3n) is 3.94. The van der Waals surface area contributed by atoms with Gasteiger partial charge in [-0.05, 0) is 57.5 Å². The fourth-order valence-corrected chi connectivity index (χ4v) is 2.48. The van der Waals surface area contributed by atoms with Gasteiger partial charge in [0, 0.05) is 12.0 Å². The highest BCUT2D eigenvalue weighted by molar-refractivity contribution is 5.96. The summed E-state index contributed by atoms with van der Waals surface area (Å²) in [5.41, 5.74) is 6.31. The van der Waals surface area contributed by atoms with Crippen LogP contribution in [-0.4, -0.2) is 31.6 Å². The Hall–Kier alpha value is -3.22. The molecule has 0 aliphatic carbocycles. The summed E-state index contributed by atoms with van der Waals surface area (Å²) in [6, 6.07) is 12.6. The smallest absolute Gasteiger partial charge is 0.269 e. The summed E-state index contributed by atoms with van der Waals surface area (Å²) < 4.78 is 16.5. The molecule has 29 heavy (non-hydrogen) atoms. The van der Waals surface area contributed by atoms with E-state index in [1.54, 1.807) is 18.2 Å². The molecule has 7 heteroatoms. The monoisotopic (exact) mass is 400 g/mol. The SMILES string of the molecule is COc1cc(C(=O)NNC(=O)CCCOc2ccc(C)cc2)ccc1OC(C)C. The lowest BCUT2D eigenvalue weighted by atomic mass is 10.2. The molecule has 0 bridgehead atoms. The lowest BCUT2D eigenvalue weighted by Crippen LogP contribution is -2.41. The standard InChI is InChI=1S/C22H28N2O5/c1-15(2)29-19-12-9-17(14-20(19)27-4)22(26)24-23-21(25)6-5-13-28-18-10-7-16(3)8-11-18/h7-12,14-15H,5-6,13H2,1-4H3,(H,23,25)(H,24,26). The highest BCUT2D eigenvalue weighted by atomic mass is 16.5. The van der Waals surface area contributed by atoms with Crippen LogP contribution in [0, 0.1) is 6.92 Å². The summed E-state index contributed by atoms with van der Waals surface area (Å²) in [4.78, 5) is 24.2. The van der Waals surface area contributed by atoms with Crippen LogP contribution in [0.15, 0.2) is 42.5 Å². The zero-order valence-corrected chi connectivity index (χ0v) is 17.3. The van der Waals surface area contributed by atoms with Gasteiger partial charge >= 0.3 is 0 Å². The second-order valence-corrected chi connectivity index (χ2v) is 6.80. The first-order valence-electron chi connectivity index (χ1n) is 9.52. The van der Waals surface area contributed by atoms with Crippen LogP contribution in [0.5, 0.6) is 17.2 Å². The Morgan fingerprint density at radius 2 is 1.72 bits per heavy atom. The zero-order valence-electron chi connectivity index (χ0n) is 17.3. The predicted octanol–water partition coefficient (Wildman–Crippen LogP) is 3.41. The van der Waals surface area contributed by atoms with E-state index in [4.69, 9.17) is 14.2 Å². The van der Waals surface area contributed by atoms with Crippen LogP contribution < -0.4 is 25.1 Å². The molecule has 0 unspecified atom stereocenters. The Morgan fingerprint density at radius 1 is 1.00 bits per heavy atom. The van der Waals surface area contributed by atoms with Crippen LogP contribution >= 0.6 is 0 Å². The van der Waals surface area contributed by atoms with Crippen LogP contribution in [0.25, 0.3) is 0 Å². The molecular weight excluding hydrogens is 372 g/mol. The van der Waals surface area contributed by atoms with Gasteiger partial charge in [-0.25, -0.2) is 0 Å². The molecule has 2 rings (SSSR count). The van der Waals surface area contributed by atoms with Crippen molar-refractivity contribution in [2.45, 2.75) is 39.7 Å². The first-order chi connectivity index (χ1) is 13.9. The number of rotatable bonds is 9. The predicted molar refractivity (Wildman–Crippen MR) is 110 cm³/mol. The van der Waals surface area contributed by atoms with E-state index in [1.807, 2.05) is 45.0 Å². The number of carbonyl (C=O) groups is 2. The number of hydrogen-bond donors (Lipinski definition) is 2. The Kier molecular flexibility index (Phi) is 8.33. The van der Waals surface area contributed by atoms with E-state index in [0.29, 0.717) is 30.1 Å². The summed E-state index contributed by atoms with van der Waals surface area (Å²) in [6.45, 7) is 6.23. The van der Waals surface area contributed by atoms with Crippen molar-refractivity contribution in [1.29, 1.82) is 0 Å². The molecule has 0 atom stereocenters. The van der Waals surface area contributed by atoms with Gasteiger partial charge in [-0.3, -0.25) is 20.4 Å². The first-order valence-corrected chi connectivity index (χ1v) is 9.52. The van der Waals surface area contributed by atoms with Gasteiger partial charge in [0.2, 0.25) is 5.91 Å². The molecule has 0 aliphatic heterocycles. The molecule has 0 aromatic heterocycles. The third-order valence-corrected chi connectivity index (χ3v) is 3.94. The summed E-state index contributed by atoms with van der Waals surface area (Å²) in [6.07, 6.45) is 0.749. The van der Waals surface area contributed by atoms with Crippen LogP contribution in [0.1, 0.15) is 42.6 Å². The second-order valence-electron chi connectivity index (χ2n) is 6.80. The average Bonchev–Trinajstić information content (AvgIpc) is 2.70. The minimum Gasteiger partial charge on any atom is -0.494 e. The van der Waals surface area contributed by atoms with Crippen molar-refractivity contribution in [3.63, 3.8) is 0 Å². The second kappa shape index (κ2) is 10.9. The summed E-state index contributed by atoms with van der Waals surface area (Å²) >= 11 is 0. The molecule has 2 N–H and O–H groups in total. The molecule has 0 saturated carbocycles. The maximum Gasteiger partial charge on any atom is 0.269 e. The van der Waals surface area contributed by atoms with Crippen LogP contribution in [0.2, 0.25) is 0 Å². The quantitative estimate of drug-likeness (QED) is 0.498. The highest BCUT2D eigenvalue weighted by Crippen LogP contribution is 2.28. The van der Waals surface area contributed by atoms with Gasteiger partial charge < -0.3 is 14.2 Å². The van der Waals surface area contributed by atoms with E-state index in [0.717, 1.165) is 11.3 Å². The number of nitrogens with one attached hydrogen (secondary N) is 2. The normalized spacial score (nSPS) is 10.4. The fourth-order valence-electron chi connectivity index (χ4n) is 2.48. The van der Waals surface area contributed by atoms with Gasteiger partial charge in [-0.15, -0.1) is 0 Å². The number of methoxy groups -OCH3 is 1. The lowest BCUT2D eigenvalue weighted by molar-refractivity contribution is -0.122. The number of hydrazine groups is 1. The van der Waals surface area contributed by atoms with Crippen molar-refractivity contribution in [1.82, 2.24) is 10.9 Å². The molecule has 7 nitrogen and oxygen atoms in total. The molecule has 0 radical (unpaired) electrons. The summed E-state index contributed by atoms with van der Waals surface area (Å²) in [5, 5.41) is 0. The van der Waals surface area contributed by atoms with E-state index < -0.39 is 5.91 Å². The van der Waals surface area contributed by atoms with Gasteiger partial charge in [-0.2, -0.15) is 0 Å². The van der Waals surface area contributed by atoms with Gasteiger partial charge in [-0.1, -0.05) is 17.7 Å². The van der Waals surface area contributed by atoms with Crippen LogP contribution in [0.4, 0.5) is 0 Å². The largest absolute Gasteiger partial charge is 0.494 e. The maximum absolute atomic E-state index is 12.2. The first kappa shape index (κ1) is 22.1. The number of amides is 2. The zero-order chi connectivity index (χ0) is 21.2. The number of hydrogen-bond acceptors (Lipinski definition) is 5. The third kappa shape index (κ3) is 7.37. The van der Waals surface area contributed by atoms with Gasteiger partial charge in [0.1, 0.15) is 5.75 Å². The Labute approximate surface area is 171 Å². The summed E-state index contributed by atoms with van der Waals surface area (Å²) in [7, 11) is 1.50.